The Morgan fingerprint density at radius 1 is 1.64 bits per heavy atom. The van der Waals surface area contributed by atoms with Gasteiger partial charge in [-0.05, 0) is 36.5 Å². The first-order chi connectivity index (χ1) is 5.25. The van der Waals surface area contributed by atoms with E-state index in [0.717, 1.165) is 16.1 Å². The maximum atomic E-state index is 8.09. The van der Waals surface area contributed by atoms with Gasteiger partial charge in [0.1, 0.15) is 0 Å². The minimum absolute atomic E-state index is 0.421. The molecule has 1 aromatic heterocycles. The van der Waals surface area contributed by atoms with E-state index in [-0.39, 0.29) is 0 Å². The lowest BCUT2D eigenvalue weighted by molar-refractivity contribution is 1.01. The third-order valence-electron chi connectivity index (χ3n) is 1.47. The molecular formula is C6H8N4S. The van der Waals surface area contributed by atoms with Crippen LogP contribution in [0.15, 0.2) is 5.11 Å². The zero-order valence-electron chi connectivity index (χ0n) is 6.40. The number of aromatic nitrogens is 1. The van der Waals surface area contributed by atoms with E-state index in [1.807, 2.05) is 13.8 Å². The summed E-state index contributed by atoms with van der Waals surface area (Å²) >= 11 is 1.45. The molecule has 0 radical (unpaired) electrons. The second-order valence-electron chi connectivity index (χ2n) is 2.19. The van der Waals surface area contributed by atoms with Gasteiger partial charge in [0.15, 0.2) is 0 Å². The van der Waals surface area contributed by atoms with Crippen LogP contribution in [-0.2, 0) is 6.54 Å². The fourth-order valence-corrected chi connectivity index (χ4v) is 1.54. The Morgan fingerprint density at radius 3 is 2.82 bits per heavy atom. The van der Waals surface area contributed by atoms with Gasteiger partial charge in [-0.25, -0.2) is 0 Å². The third-order valence-corrected chi connectivity index (χ3v) is 2.36. The second-order valence-corrected chi connectivity index (χ2v) is 3.17. The number of hydrogen-bond donors (Lipinski definition) is 0. The van der Waals surface area contributed by atoms with Crippen LogP contribution >= 0.6 is 11.5 Å². The molecule has 0 atom stereocenters. The van der Waals surface area contributed by atoms with Crippen LogP contribution in [0.3, 0.4) is 0 Å². The molecular weight excluding hydrogens is 160 g/mol. The standard InChI is InChI=1S/C6H8N4S/c1-4-6(3-8-10-7)5(2)11-9-4/h3H2,1-2H3. The van der Waals surface area contributed by atoms with Crippen LogP contribution in [0.25, 0.3) is 10.4 Å². The summed E-state index contributed by atoms with van der Waals surface area (Å²) in [5.41, 5.74) is 10.1. The summed E-state index contributed by atoms with van der Waals surface area (Å²) in [5.74, 6) is 0. The van der Waals surface area contributed by atoms with Crippen molar-refractivity contribution < 1.29 is 0 Å². The topological polar surface area (TPSA) is 61.7 Å². The van der Waals surface area contributed by atoms with Crippen LogP contribution in [-0.4, -0.2) is 4.37 Å². The fraction of sp³-hybridized carbons (Fsp3) is 0.500. The van der Waals surface area contributed by atoms with Crippen molar-refractivity contribution in [1.82, 2.24) is 4.37 Å². The molecule has 0 aliphatic heterocycles. The maximum absolute atomic E-state index is 8.09. The zero-order valence-corrected chi connectivity index (χ0v) is 7.22. The molecule has 11 heavy (non-hydrogen) atoms. The lowest BCUT2D eigenvalue weighted by Gasteiger charge is -1.91. The van der Waals surface area contributed by atoms with E-state index in [9.17, 15) is 0 Å². The van der Waals surface area contributed by atoms with Gasteiger partial charge in [-0.1, -0.05) is 5.11 Å². The van der Waals surface area contributed by atoms with Gasteiger partial charge < -0.3 is 0 Å². The van der Waals surface area contributed by atoms with Crippen LogP contribution in [0.1, 0.15) is 16.1 Å². The van der Waals surface area contributed by atoms with Gasteiger partial charge >= 0.3 is 0 Å². The molecule has 0 saturated heterocycles. The Morgan fingerprint density at radius 2 is 2.36 bits per heavy atom. The highest BCUT2D eigenvalue weighted by molar-refractivity contribution is 7.05. The average molecular weight is 168 g/mol. The van der Waals surface area contributed by atoms with Gasteiger partial charge in [-0.15, -0.1) is 0 Å². The number of azide groups is 1. The van der Waals surface area contributed by atoms with Crippen molar-refractivity contribution >= 4 is 11.5 Å². The fourth-order valence-electron chi connectivity index (χ4n) is 0.830. The second kappa shape index (κ2) is 3.37. The Kier molecular flexibility index (Phi) is 2.46. The van der Waals surface area contributed by atoms with E-state index >= 15 is 0 Å². The molecule has 0 fully saturated rings. The molecule has 4 nitrogen and oxygen atoms in total. The van der Waals surface area contributed by atoms with E-state index in [1.54, 1.807) is 0 Å². The highest BCUT2D eigenvalue weighted by atomic mass is 32.1. The molecule has 0 bridgehead atoms. The molecule has 0 N–H and O–H groups in total. The van der Waals surface area contributed by atoms with E-state index in [1.165, 1.54) is 11.5 Å². The average Bonchev–Trinajstić information content (AvgIpc) is 2.29. The first kappa shape index (κ1) is 8.04. The number of nitrogens with zero attached hydrogens (tertiary/aromatic N) is 4. The van der Waals surface area contributed by atoms with Crippen LogP contribution in [0.2, 0.25) is 0 Å². The van der Waals surface area contributed by atoms with Crippen molar-refractivity contribution in [3.8, 4) is 0 Å². The van der Waals surface area contributed by atoms with Gasteiger partial charge in [-0.2, -0.15) is 4.37 Å². The highest BCUT2D eigenvalue weighted by Gasteiger charge is 2.03. The predicted molar refractivity (Wildman–Crippen MR) is 44.4 cm³/mol. The third kappa shape index (κ3) is 1.69. The lowest BCUT2D eigenvalue weighted by Crippen LogP contribution is -1.83. The largest absolute Gasteiger partial charge is 0.197 e. The van der Waals surface area contributed by atoms with Gasteiger partial charge in [0.05, 0.1) is 12.2 Å². The molecule has 58 valence electrons. The summed E-state index contributed by atoms with van der Waals surface area (Å²) in [6.45, 7) is 4.32. The zero-order chi connectivity index (χ0) is 8.27. The summed E-state index contributed by atoms with van der Waals surface area (Å²) in [4.78, 5) is 3.83. The first-order valence-corrected chi connectivity index (χ1v) is 3.95. The molecule has 0 unspecified atom stereocenters. The monoisotopic (exact) mass is 168 g/mol. The molecule has 0 aliphatic carbocycles. The minimum atomic E-state index is 0.421. The van der Waals surface area contributed by atoms with Gasteiger partial charge in [0, 0.05) is 9.79 Å². The van der Waals surface area contributed by atoms with Crippen LogP contribution in [0.5, 0.6) is 0 Å². The number of rotatable bonds is 2. The summed E-state index contributed by atoms with van der Waals surface area (Å²) < 4.78 is 4.13. The highest BCUT2D eigenvalue weighted by Crippen LogP contribution is 2.17. The molecule has 1 rings (SSSR count). The summed E-state index contributed by atoms with van der Waals surface area (Å²) in [5, 5.41) is 3.48. The Labute approximate surface area is 68.7 Å². The Balaban J connectivity index is 2.91. The Bertz CT molecular complexity index is 278. The predicted octanol–water partition coefficient (Wildman–Crippen LogP) is 2.57. The van der Waals surface area contributed by atoms with Gasteiger partial charge in [0.25, 0.3) is 0 Å². The van der Waals surface area contributed by atoms with Gasteiger partial charge in [0.2, 0.25) is 0 Å². The number of hydrogen-bond acceptors (Lipinski definition) is 3. The van der Waals surface area contributed by atoms with Crippen LogP contribution in [0, 0.1) is 13.8 Å². The summed E-state index contributed by atoms with van der Waals surface area (Å²) in [6.07, 6.45) is 0. The molecule has 0 amide bonds. The van der Waals surface area contributed by atoms with Crippen molar-refractivity contribution in [3.05, 3.63) is 26.6 Å². The van der Waals surface area contributed by atoms with Crippen molar-refractivity contribution in [2.24, 2.45) is 5.11 Å². The molecule has 5 heteroatoms. The van der Waals surface area contributed by atoms with E-state index < -0.39 is 0 Å². The Hall–Kier alpha value is -1.06. The van der Waals surface area contributed by atoms with E-state index in [0.29, 0.717) is 6.54 Å². The normalized spacial score (nSPS) is 9.27. The number of aryl methyl sites for hydroxylation is 2. The lowest BCUT2D eigenvalue weighted by atomic mass is 10.2. The van der Waals surface area contributed by atoms with E-state index in [4.69, 9.17) is 5.53 Å². The smallest absolute Gasteiger partial charge is 0.0547 e. The molecule has 0 saturated carbocycles. The summed E-state index contributed by atoms with van der Waals surface area (Å²) in [6, 6.07) is 0. The quantitative estimate of drug-likeness (QED) is 0.380. The molecule has 1 aromatic rings. The molecule has 0 spiro atoms. The molecule has 0 aromatic carbocycles. The van der Waals surface area contributed by atoms with Crippen molar-refractivity contribution in [2.45, 2.75) is 20.4 Å². The molecule has 0 aliphatic rings. The molecule has 1 heterocycles. The maximum Gasteiger partial charge on any atom is 0.0547 e. The van der Waals surface area contributed by atoms with Crippen LogP contribution in [0.4, 0.5) is 0 Å². The SMILES string of the molecule is Cc1nsc(C)c1CN=[N+]=[N-]. The van der Waals surface area contributed by atoms with Gasteiger partial charge in [-0.3, -0.25) is 0 Å². The first-order valence-electron chi connectivity index (χ1n) is 3.18. The minimum Gasteiger partial charge on any atom is -0.197 e. The van der Waals surface area contributed by atoms with Crippen molar-refractivity contribution in [3.63, 3.8) is 0 Å². The van der Waals surface area contributed by atoms with Crippen LogP contribution < -0.4 is 0 Å². The summed E-state index contributed by atoms with van der Waals surface area (Å²) in [7, 11) is 0. The van der Waals surface area contributed by atoms with Crippen molar-refractivity contribution in [2.75, 3.05) is 0 Å². The van der Waals surface area contributed by atoms with Crippen molar-refractivity contribution in [1.29, 1.82) is 0 Å². The van der Waals surface area contributed by atoms with E-state index in [2.05, 4.69) is 14.4 Å².